The number of ether oxygens (including phenoxy) is 1. The second kappa shape index (κ2) is 11.6. The largest absolute Gasteiger partial charge is 0.479 e. The van der Waals surface area contributed by atoms with Crippen LogP contribution in [-0.4, -0.2) is 27.9 Å². The van der Waals surface area contributed by atoms with Crippen molar-refractivity contribution in [3.8, 4) is 5.75 Å². The second-order valence-corrected chi connectivity index (χ2v) is 9.38. The Bertz CT molecular complexity index is 1280. The summed E-state index contributed by atoms with van der Waals surface area (Å²) in [4.78, 5) is 27.5. The van der Waals surface area contributed by atoms with E-state index >= 15 is 0 Å². The zero-order valence-electron chi connectivity index (χ0n) is 19.4. The van der Waals surface area contributed by atoms with E-state index in [1.807, 2.05) is 66.9 Å². The molecule has 5 nitrogen and oxygen atoms in total. The van der Waals surface area contributed by atoms with Crippen LogP contribution in [0.1, 0.15) is 35.1 Å². The van der Waals surface area contributed by atoms with Crippen molar-refractivity contribution in [2.45, 2.75) is 30.3 Å². The zero-order chi connectivity index (χ0) is 24.6. The van der Waals surface area contributed by atoms with Crippen LogP contribution < -0.4 is 10.3 Å². The number of thioether (sulfide) groups is 1. The van der Waals surface area contributed by atoms with Gasteiger partial charge in [-0.3, -0.25) is 4.79 Å². The number of aromatic amines is 1. The molecule has 1 heterocycles. The summed E-state index contributed by atoms with van der Waals surface area (Å²) in [6, 6.07) is 29.9. The van der Waals surface area contributed by atoms with Gasteiger partial charge in [-0.25, -0.2) is 4.79 Å². The fourth-order valence-electron chi connectivity index (χ4n) is 3.94. The summed E-state index contributed by atoms with van der Waals surface area (Å²) in [5, 5.41) is 9.05. The number of hydrogen-bond acceptors (Lipinski definition) is 4. The van der Waals surface area contributed by atoms with Crippen molar-refractivity contribution < 1.29 is 14.6 Å². The minimum absolute atomic E-state index is 0.0192. The molecule has 6 heteroatoms. The van der Waals surface area contributed by atoms with Crippen LogP contribution in [-0.2, 0) is 11.2 Å². The minimum atomic E-state index is -1.01. The molecule has 0 fully saturated rings. The van der Waals surface area contributed by atoms with Gasteiger partial charge in [0.1, 0.15) is 5.75 Å². The number of hydrogen-bond donors (Lipinski definition) is 2. The Morgan fingerprint density at radius 1 is 0.914 bits per heavy atom. The average Bonchev–Trinajstić information content (AvgIpc) is 2.87. The van der Waals surface area contributed by atoms with Gasteiger partial charge in [-0.1, -0.05) is 66.7 Å². The van der Waals surface area contributed by atoms with E-state index in [2.05, 4.69) is 29.2 Å². The fourth-order valence-corrected chi connectivity index (χ4v) is 4.87. The van der Waals surface area contributed by atoms with E-state index in [1.165, 1.54) is 18.1 Å². The molecule has 0 aliphatic rings. The fraction of sp³-hybridized carbons (Fsp3) is 0.172. The highest BCUT2D eigenvalue weighted by Crippen LogP contribution is 2.31. The van der Waals surface area contributed by atoms with Crippen LogP contribution in [0.2, 0.25) is 0 Å². The van der Waals surface area contributed by atoms with Crippen molar-refractivity contribution in [1.82, 2.24) is 4.98 Å². The Hall–Kier alpha value is -3.77. The van der Waals surface area contributed by atoms with Crippen LogP contribution in [0.15, 0.2) is 107 Å². The number of benzene rings is 3. The molecule has 1 atom stereocenters. The van der Waals surface area contributed by atoms with Crippen LogP contribution in [0.25, 0.3) is 0 Å². The van der Waals surface area contributed by atoms with Crippen molar-refractivity contribution in [3.05, 3.63) is 130 Å². The molecular formula is C29H27NO4S. The summed E-state index contributed by atoms with van der Waals surface area (Å²) in [6.45, 7) is 1.50. The Kier molecular flexibility index (Phi) is 8.06. The highest BCUT2D eigenvalue weighted by molar-refractivity contribution is 7.99. The first-order valence-electron chi connectivity index (χ1n) is 11.4. The molecule has 0 aliphatic carbocycles. The van der Waals surface area contributed by atoms with E-state index in [-0.39, 0.29) is 11.5 Å². The summed E-state index contributed by atoms with van der Waals surface area (Å²) in [5.41, 5.74) is 4.03. The predicted octanol–water partition coefficient (Wildman–Crippen LogP) is 5.74. The summed E-state index contributed by atoms with van der Waals surface area (Å²) in [5.74, 6) is 0.224. The Morgan fingerprint density at radius 2 is 1.57 bits per heavy atom. The van der Waals surface area contributed by atoms with Crippen molar-refractivity contribution in [1.29, 1.82) is 0 Å². The third-order valence-electron chi connectivity index (χ3n) is 5.71. The molecule has 35 heavy (non-hydrogen) atoms. The summed E-state index contributed by atoms with van der Waals surface area (Å²) in [7, 11) is 0. The first-order chi connectivity index (χ1) is 17.0. The molecule has 4 rings (SSSR count). The smallest absolute Gasteiger partial charge is 0.344 e. The van der Waals surface area contributed by atoms with Gasteiger partial charge in [0, 0.05) is 28.3 Å². The highest BCUT2D eigenvalue weighted by atomic mass is 32.2. The van der Waals surface area contributed by atoms with Gasteiger partial charge in [0.05, 0.1) is 0 Å². The van der Waals surface area contributed by atoms with Crippen LogP contribution in [0.5, 0.6) is 5.75 Å². The number of carboxylic acid groups (broad SMARTS) is 1. The lowest BCUT2D eigenvalue weighted by molar-refractivity contribution is -0.144. The van der Waals surface area contributed by atoms with Crippen molar-refractivity contribution in [3.63, 3.8) is 0 Å². The van der Waals surface area contributed by atoms with Crippen LogP contribution in [0.4, 0.5) is 0 Å². The molecule has 178 valence electrons. The molecule has 0 unspecified atom stereocenters. The van der Waals surface area contributed by atoms with Crippen molar-refractivity contribution in [2.75, 3.05) is 5.75 Å². The van der Waals surface area contributed by atoms with Gasteiger partial charge in [-0.2, -0.15) is 0 Å². The van der Waals surface area contributed by atoms with E-state index in [4.69, 9.17) is 9.84 Å². The van der Waals surface area contributed by atoms with Crippen LogP contribution in [0.3, 0.4) is 0 Å². The first-order valence-corrected chi connectivity index (χ1v) is 12.4. The number of rotatable bonds is 10. The molecule has 0 aliphatic heterocycles. The number of aromatic nitrogens is 1. The lowest BCUT2D eigenvalue weighted by Gasteiger charge is -2.19. The zero-order valence-corrected chi connectivity index (χ0v) is 20.2. The van der Waals surface area contributed by atoms with Crippen LogP contribution >= 0.6 is 11.8 Å². The summed E-state index contributed by atoms with van der Waals surface area (Å²) >= 11 is 1.60. The number of pyridine rings is 1. The second-order valence-electron chi connectivity index (χ2n) is 8.21. The van der Waals surface area contributed by atoms with E-state index < -0.39 is 12.1 Å². The average molecular weight is 486 g/mol. The van der Waals surface area contributed by atoms with E-state index in [1.54, 1.807) is 17.8 Å². The molecule has 3 aromatic carbocycles. The van der Waals surface area contributed by atoms with Gasteiger partial charge in [-0.15, -0.1) is 11.8 Å². The predicted molar refractivity (Wildman–Crippen MR) is 139 cm³/mol. The molecule has 0 saturated heterocycles. The molecule has 1 aromatic heterocycles. The first kappa shape index (κ1) is 24.4. The van der Waals surface area contributed by atoms with Crippen LogP contribution in [0, 0.1) is 0 Å². The molecule has 0 radical (unpaired) electrons. The highest BCUT2D eigenvalue weighted by Gasteiger charge is 2.18. The van der Waals surface area contributed by atoms with Crippen molar-refractivity contribution >= 4 is 17.7 Å². The third kappa shape index (κ3) is 6.43. The number of carbonyl (C=O) groups is 1. The monoisotopic (exact) mass is 485 g/mol. The molecular weight excluding hydrogens is 458 g/mol. The number of H-pyrrole nitrogens is 1. The number of nitrogens with one attached hydrogen (secondary N) is 1. The van der Waals surface area contributed by atoms with E-state index in [0.717, 1.165) is 16.0 Å². The maximum atomic E-state index is 12.6. The van der Waals surface area contributed by atoms with Gasteiger partial charge in [0.15, 0.2) is 6.10 Å². The van der Waals surface area contributed by atoms with E-state index in [9.17, 15) is 9.59 Å². The van der Waals surface area contributed by atoms with Gasteiger partial charge in [0.25, 0.3) is 5.56 Å². The standard InChI is InChI=1S/C29H27NO4S/c1-20(29(32)33)34-25-13-8-14-26(18-25)35-16-15-23-17-24(19-30-28(23)31)27(21-9-4-2-5-10-21)22-11-6-3-7-12-22/h2-14,17-20,27H,15-16H2,1H3,(H,30,31)(H,32,33)/t20-/m0/s1. The lowest BCUT2D eigenvalue weighted by atomic mass is 9.85. The van der Waals surface area contributed by atoms with E-state index in [0.29, 0.717) is 17.9 Å². The Balaban J connectivity index is 1.51. The Morgan fingerprint density at radius 3 is 2.20 bits per heavy atom. The lowest BCUT2D eigenvalue weighted by Crippen LogP contribution is -2.22. The maximum Gasteiger partial charge on any atom is 0.344 e. The molecule has 0 bridgehead atoms. The Labute approximate surface area is 208 Å². The maximum absolute atomic E-state index is 12.6. The van der Waals surface area contributed by atoms with Crippen molar-refractivity contribution in [2.24, 2.45) is 0 Å². The molecule has 0 spiro atoms. The molecule has 4 aromatic rings. The molecule has 2 N–H and O–H groups in total. The summed E-state index contributed by atoms with van der Waals surface area (Å²) < 4.78 is 5.46. The van der Waals surface area contributed by atoms with Gasteiger partial charge >= 0.3 is 5.97 Å². The number of aryl methyl sites for hydroxylation is 1. The summed E-state index contributed by atoms with van der Waals surface area (Å²) in [6.07, 6.45) is 1.49. The number of aliphatic carboxylic acids is 1. The number of carboxylic acids is 1. The SMILES string of the molecule is C[C@H](Oc1cccc(SCCc2cc(C(c3ccccc3)c3ccccc3)c[nH]c2=O)c1)C(=O)O. The normalized spacial score (nSPS) is 11.8. The quantitative estimate of drug-likeness (QED) is 0.280. The minimum Gasteiger partial charge on any atom is -0.479 e. The molecule has 0 saturated carbocycles. The third-order valence-corrected chi connectivity index (χ3v) is 6.70. The van der Waals surface area contributed by atoms with Gasteiger partial charge in [0.2, 0.25) is 0 Å². The van der Waals surface area contributed by atoms with Gasteiger partial charge < -0.3 is 14.8 Å². The molecule has 0 amide bonds. The topological polar surface area (TPSA) is 79.4 Å². The van der Waals surface area contributed by atoms with Gasteiger partial charge in [-0.05, 0) is 54.3 Å².